The molecule has 0 spiro atoms. The third-order valence-electron chi connectivity index (χ3n) is 3.46. The average molecular weight is 318 g/mol. The van der Waals surface area contributed by atoms with Gasteiger partial charge in [0.1, 0.15) is 0 Å². The monoisotopic (exact) mass is 318 g/mol. The van der Waals surface area contributed by atoms with Gasteiger partial charge in [0.05, 0.1) is 11.0 Å². The summed E-state index contributed by atoms with van der Waals surface area (Å²) in [5.74, 6) is 0. The number of nitrogens with zero attached hydrogens (tertiary/aromatic N) is 3. The molecule has 0 N–H and O–H groups in total. The summed E-state index contributed by atoms with van der Waals surface area (Å²) in [6.07, 6.45) is 3.59. The molecule has 0 aliphatic rings. The quantitative estimate of drug-likeness (QED) is 0.481. The minimum absolute atomic E-state index is 0. The van der Waals surface area contributed by atoms with Crippen molar-refractivity contribution in [3.63, 3.8) is 0 Å². The molecule has 104 valence electrons. The van der Waals surface area contributed by atoms with Gasteiger partial charge in [-0.1, -0.05) is 48.5 Å². The fourth-order valence-corrected chi connectivity index (χ4v) is 2.49. The van der Waals surface area contributed by atoms with Crippen molar-refractivity contribution in [3.05, 3.63) is 78.4 Å². The first-order chi connectivity index (χ1) is 10.4. The van der Waals surface area contributed by atoms with Gasteiger partial charge in [0.2, 0.25) is 0 Å². The Morgan fingerprint density at radius 2 is 1.05 bits per heavy atom. The van der Waals surface area contributed by atoms with Crippen molar-refractivity contribution in [2.45, 2.75) is 0 Å². The van der Waals surface area contributed by atoms with Gasteiger partial charge < -0.3 is 5.32 Å². The van der Waals surface area contributed by atoms with Gasteiger partial charge in [-0.3, -0.25) is 9.97 Å². The van der Waals surface area contributed by atoms with E-state index in [0.717, 1.165) is 33.2 Å². The van der Waals surface area contributed by atoms with E-state index in [9.17, 15) is 0 Å². The van der Waals surface area contributed by atoms with E-state index in [-0.39, 0.29) is 21.7 Å². The van der Waals surface area contributed by atoms with Crippen molar-refractivity contribution in [1.82, 2.24) is 9.97 Å². The molecule has 0 bridgehead atoms. The Kier molecular flexibility index (Phi) is 4.18. The first-order valence-electron chi connectivity index (χ1n) is 6.81. The maximum Gasteiger partial charge on any atom is 0.0555 e. The van der Waals surface area contributed by atoms with Crippen LogP contribution in [0.25, 0.3) is 27.1 Å². The Bertz CT molecular complexity index is 849. The van der Waals surface area contributed by atoms with Gasteiger partial charge in [-0.15, -0.1) is 11.4 Å². The third-order valence-corrected chi connectivity index (χ3v) is 3.46. The van der Waals surface area contributed by atoms with Crippen molar-refractivity contribution in [3.8, 4) is 0 Å². The van der Waals surface area contributed by atoms with Gasteiger partial charge in [0.25, 0.3) is 0 Å². The van der Waals surface area contributed by atoms with E-state index < -0.39 is 0 Å². The number of rotatable bonds is 2. The van der Waals surface area contributed by atoms with Crippen LogP contribution in [0.2, 0.25) is 0 Å². The van der Waals surface area contributed by atoms with Crippen LogP contribution in [0.3, 0.4) is 0 Å². The molecule has 0 fully saturated rings. The van der Waals surface area contributed by atoms with E-state index in [1.807, 2.05) is 60.7 Å². The smallest absolute Gasteiger partial charge is 0.0555 e. The van der Waals surface area contributed by atoms with Gasteiger partial charge in [0, 0.05) is 34.1 Å². The molecule has 0 radical (unpaired) electrons. The van der Waals surface area contributed by atoms with Crippen molar-refractivity contribution in [1.29, 1.82) is 0 Å². The van der Waals surface area contributed by atoms with Crippen LogP contribution in [0.1, 0.15) is 0 Å². The summed E-state index contributed by atoms with van der Waals surface area (Å²) in [6, 6.07) is 20.0. The average Bonchev–Trinajstić information content (AvgIpc) is 2.56. The predicted molar refractivity (Wildman–Crippen MR) is 86.2 cm³/mol. The zero-order chi connectivity index (χ0) is 14.1. The van der Waals surface area contributed by atoms with Crippen molar-refractivity contribution in [2.75, 3.05) is 0 Å². The van der Waals surface area contributed by atoms with Crippen LogP contribution in [0.4, 0.5) is 11.4 Å². The summed E-state index contributed by atoms with van der Waals surface area (Å²) in [6.45, 7) is 0. The molecule has 2 aromatic carbocycles. The van der Waals surface area contributed by atoms with E-state index in [1.165, 1.54) is 0 Å². The predicted octanol–water partition coefficient (Wildman–Crippen LogP) is 5.12. The zero-order valence-electron chi connectivity index (χ0n) is 11.8. The van der Waals surface area contributed by atoms with E-state index >= 15 is 0 Å². The summed E-state index contributed by atoms with van der Waals surface area (Å²) in [5.41, 5.74) is 3.55. The van der Waals surface area contributed by atoms with Crippen LogP contribution in [0.15, 0.2) is 73.1 Å². The van der Waals surface area contributed by atoms with Gasteiger partial charge in [-0.05, 0) is 22.9 Å². The normalized spacial score (nSPS) is 10.4. The fourth-order valence-electron chi connectivity index (χ4n) is 2.49. The van der Waals surface area contributed by atoms with Crippen LogP contribution in [0, 0.1) is 0 Å². The Morgan fingerprint density at radius 3 is 1.55 bits per heavy atom. The Labute approximate surface area is 143 Å². The summed E-state index contributed by atoms with van der Waals surface area (Å²) >= 11 is 0. The largest absolute Gasteiger partial charge is 0.654 e. The van der Waals surface area contributed by atoms with E-state index in [1.54, 1.807) is 12.4 Å². The minimum Gasteiger partial charge on any atom is -0.654 e. The van der Waals surface area contributed by atoms with Gasteiger partial charge in [-0.25, -0.2) is 0 Å². The molecule has 2 aromatic heterocycles. The molecule has 4 rings (SSSR count). The molecule has 4 heteroatoms. The van der Waals surface area contributed by atoms with Crippen molar-refractivity contribution < 1.29 is 21.7 Å². The molecule has 4 aromatic rings. The second kappa shape index (κ2) is 6.26. The first-order valence-corrected chi connectivity index (χ1v) is 6.81. The van der Waals surface area contributed by atoms with Crippen LogP contribution in [-0.4, -0.2) is 9.97 Å². The molecule has 22 heavy (non-hydrogen) atoms. The number of benzene rings is 2. The Morgan fingerprint density at radius 1 is 0.591 bits per heavy atom. The number of hydrogen-bond acceptors (Lipinski definition) is 2. The summed E-state index contributed by atoms with van der Waals surface area (Å²) < 4.78 is 0. The molecule has 0 saturated heterocycles. The molecular formula is C18H12N3Ti-. The Balaban J connectivity index is 0.00000144. The second-order valence-electron chi connectivity index (χ2n) is 4.82. The van der Waals surface area contributed by atoms with Crippen LogP contribution >= 0.6 is 0 Å². The molecule has 0 aliphatic carbocycles. The third kappa shape index (κ3) is 2.61. The maximum absolute atomic E-state index is 4.77. The molecule has 0 unspecified atom stereocenters. The van der Waals surface area contributed by atoms with Crippen molar-refractivity contribution in [2.24, 2.45) is 0 Å². The molecule has 0 atom stereocenters. The number of pyridine rings is 2. The number of para-hydroxylation sites is 2. The van der Waals surface area contributed by atoms with Crippen LogP contribution < -0.4 is 0 Å². The van der Waals surface area contributed by atoms with E-state index in [4.69, 9.17) is 5.32 Å². The molecule has 0 amide bonds. The van der Waals surface area contributed by atoms with Crippen LogP contribution in [0.5, 0.6) is 0 Å². The van der Waals surface area contributed by atoms with E-state index in [0.29, 0.717) is 0 Å². The number of aromatic nitrogens is 2. The number of hydrogen-bond donors (Lipinski definition) is 0. The molecular weight excluding hydrogens is 306 g/mol. The SMILES string of the molecule is [Ti].c1cnc2c([N-]c3cccc4cccnc34)cccc2c1. The standard InChI is InChI=1S/C18H12N3.Ti/c1-5-13-7-3-11-19-17(13)15(9-1)21-16-10-2-6-14-8-4-12-20-18(14)16;/h1-12H;/q-1;. The Hall–Kier alpha value is -2.23. The van der Waals surface area contributed by atoms with Crippen molar-refractivity contribution >= 4 is 33.2 Å². The van der Waals surface area contributed by atoms with Gasteiger partial charge in [0.15, 0.2) is 0 Å². The summed E-state index contributed by atoms with van der Waals surface area (Å²) in [5, 5.41) is 6.95. The topological polar surface area (TPSA) is 39.9 Å². The second-order valence-corrected chi connectivity index (χ2v) is 4.82. The maximum atomic E-state index is 4.77. The molecule has 0 aliphatic heterocycles. The van der Waals surface area contributed by atoms with Gasteiger partial charge in [-0.2, -0.15) is 0 Å². The fraction of sp³-hybridized carbons (Fsp3) is 0. The summed E-state index contributed by atoms with van der Waals surface area (Å²) in [7, 11) is 0. The molecule has 0 saturated carbocycles. The van der Waals surface area contributed by atoms with Gasteiger partial charge >= 0.3 is 0 Å². The molecule has 3 nitrogen and oxygen atoms in total. The minimum atomic E-state index is 0. The first kappa shape index (κ1) is 14.7. The molecule has 2 heterocycles. The number of fused-ring (bicyclic) bond motifs is 2. The van der Waals surface area contributed by atoms with E-state index in [2.05, 4.69) is 9.97 Å². The van der Waals surface area contributed by atoms with Crippen LogP contribution in [-0.2, 0) is 21.7 Å². The zero-order valence-corrected chi connectivity index (χ0v) is 13.3. The summed E-state index contributed by atoms with van der Waals surface area (Å²) in [4.78, 5) is 8.89.